The number of alkyl halides is 1. The van der Waals surface area contributed by atoms with Crippen molar-refractivity contribution in [3.63, 3.8) is 0 Å². The summed E-state index contributed by atoms with van der Waals surface area (Å²) in [5.74, 6) is -0.457. The molecule has 0 aliphatic carbocycles. The first-order valence-electron chi connectivity index (χ1n) is 4.40. The molecule has 1 aliphatic heterocycles. The molecule has 2 N–H and O–H groups in total. The van der Waals surface area contributed by atoms with E-state index in [1.165, 1.54) is 7.11 Å². The monoisotopic (exact) mass is 227 g/mol. The van der Waals surface area contributed by atoms with Crippen LogP contribution in [0.5, 0.6) is 0 Å². The van der Waals surface area contributed by atoms with Crippen molar-refractivity contribution < 1.29 is 14.3 Å². The smallest absolute Gasteiger partial charge is 0.340 e. The second kappa shape index (κ2) is 3.72. The van der Waals surface area contributed by atoms with Gasteiger partial charge in [0, 0.05) is 12.8 Å². The minimum absolute atomic E-state index is 0.406. The summed E-state index contributed by atoms with van der Waals surface area (Å²) in [6, 6.07) is 4.97. The van der Waals surface area contributed by atoms with Gasteiger partial charge in [-0.15, -0.1) is 11.6 Å². The van der Waals surface area contributed by atoms with E-state index in [2.05, 4.69) is 0 Å². The van der Waals surface area contributed by atoms with E-state index in [1.54, 1.807) is 18.2 Å². The fraction of sp³-hybridized carbons (Fsp3) is 0.300. The maximum atomic E-state index is 11.5. The standard InChI is InChI=1S/C10H10ClNO3/c1-14-10-8(11)6-3-2-5(12)4-7(6)9(13)15-10/h2-4,8,10H,12H2,1H3. The number of rotatable bonds is 1. The number of hydrogen-bond acceptors (Lipinski definition) is 4. The molecule has 4 nitrogen and oxygen atoms in total. The van der Waals surface area contributed by atoms with Gasteiger partial charge in [0.05, 0.1) is 5.56 Å². The van der Waals surface area contributed by atoms with Crippen LogP contribution >= 0.6 is 11.6 Å². The van der Waals surface area contributed by atoms with Gasteiger partial charge in [-0.05, 0) is 17.7 Å². The number of cyclic esters (lactones) is 1. The Morgan fingerprint density at radius 3 is 2.93 bits per heavy atom. The second-order valence-corrected chi connectivity index (χ2v) is 3.73. The van der Waals surface area contributed by atoms with Gasteiger partial charge in [0.1, 0.15) is 5.38 Å². The highest BCUT2D eigenvalue weighted by molar-refractivity contribution is 6.22. The molecule has 0 aromatic heterocycles. The number of halogens is 1. The molecular weight excluding hydrogens is 218 g/mol. The Labute approximate surface area is 91.9 Å². The molecule has 1 aliphatic rings. The van der Waals surface area contributed by atoms with E-state index in [-0.39, 0.29) is 0 Å². The fourth-order valence-electron chi connectivity index (χ4n) is 1.53. The highest BCUT2D eigenvalue weighted by Crippen LogP contribution is 2.35. The van der Waals surface area contributed by atoms with Gasteiger partial charge in [-0.25, -0.2) is 4.79 Å². The van der Waals surface area contributed by atoms with E-state index in [9.17, 15) is 4.79 Å². The van der Waals surface area contributed by atoms with Crippen molar-refractivity contribution in [1.82, 2.24) is 0 Å². The third-order valence-corrected chi connectivity index (χ3v) is 2.73. The van der Waals surface area contributed by atoms with Crippen molar-refractivity contribution in [3.05, 3.63) is 29.3 Å². The number of esters is 1. The van der Waals surface area contributed by atoms with Crippen LogP contribution in [0, 0.1) is 0 Å². The molecule has 0 bridgehead atoms. The van der Waals surface area contributed by atoms with Gasteiger partial charge in [-0.2, -0.15) is 0 Å². The molecule has 15 heavy (non-hydrogen) atoms. The minimum atomic E-state index is -0.740. The Kier molecular flexibility index (Phi) is 2.54. The van der Waals surface area contributed by atoms with Gasteiger partial charge in [0.2, 0.25) is 6.29 Å². The number of fused-ring (bicyclic) bond motifs is 1. The summed E-state index contributed by atoms with van der Waals surface area (Å²) in [5.41, 5.74) is 7.17. The van der Waals surface area contributed by atoms with E-state index in [4.69, 9.17) is 26.8 Å². The number of carbonyl (C=O) groups is 1. The van der Waals surface area contributed by atoms with E-state index in [0.29, 0.717) is 16.8 Å². The van der Waals surface area contributed by atoms with E-state index >= 15 is 0 Å². The van der Waals surface area contributed by atoms with Crippen molar-refractivity contribution in [3.8, 4) is 0 Å². The van der Waals surface area contributed by atoms with Gasteiger partial charge >= 0.3 is 5.97 Å². The van der Waals surface area contributed by atoms with Crippen molar-refractivity contribution in [1.29, 1.82) is 0 Å². The first-order chi connectivity index (χ1) is 7.13. The van der Waals surface area contributed by atoms with Crippen molar-refractivity contribution >= 4 is 23.3 Å². The average Bonchev–Trinajstić information content (AvgIpc) is 2.23. The third kappa shape index (κ3) is 1.66. The first-order valence-corrected chi connectivity index (χ1v) is 4.84. The maximum Gasteiger partial charge on any atom is 0.340 e. The van der Waals surface area contributed by atoms with Crippen LogP contribution in [0.3, 0.4) is 0 Å². The number of nitrogens with two attached hydrogens (primary N) is 1. The molecule has 0 saturated heterocycles. The molecule has 80 valence electrons. The zero-order valence-corrected chi connectivity index (χ0v) is 8.82. The molecule has 0 spiro atoms. The topological polar surface area (TPSA) is 61.5 Å². The largest absolute Gasteiger partial charge is 0.430 e. The molecule has 1 heterocycles. The van der Waals surface area contributed by atoms with Crippen LogP contribution < -0.4 is 5.73 Å². The third-order valence-electron chi connectivity index (χ3n) is 2.29. The summed E-state index contributed by atoms with van der Waals surface area (Å²) in [4.78, 5) is 11.5. The van der Waals surface area contributed by atoms with Crippen LogP contribution in [0.2, 0.25) is 0 Å². The summed E-state index contributed by atoms with van der Waals surface area (Å²) in [5, 5.41) is -0.497. The predicted molar refractivity (Wildman–Crippen MR) is 55.7 cm³/mol. The van der Waals surface area contributed by atoms with Crippen LogP contribution in [0.25, 0.3) is 0 Å². The van der Waals surface area contributed by atoms with Crippen LogP contribution in [0.15, 0.2) is 18.2 Å². The Balaban J connectivity index is 2.49. The lowest BCUT2D eigenvalue weighted by Crippen LogP contribution is -2.31. The molecule has 1 aromatic rings. The average molecular weight is 228 g/mol. The van der Waals surface area contributed by atoms with Gasteiger partial charge in [0.15, 0.2) is 0 Å². The number of hydrogen-bond donors (Lipinski definition) is 1. The quantitative estimate of drug-likeness (QED) is 0.451. The van der Waals surface area contributed by atoms with Crippen molar-refractivity contribution in [2.75, 3.05) is 12.8 Å². The molecule has 0 saturated carbocycles. The first kappa shape index (κ1) is 10.3. The predicted octanol–water partition coefficient (Wildman–Crippen LogP) is 1.69. The Morgan fingerprint density at radius 1 is 1.53 bits per heavy atom. The molecule has 2 atom stereocenters. The van der Waals surface area contributed by atoms with E-state index < -0.39 is 17.6 Å². The number of ether oxygens (including phenoxy) is 2. The number of nitrogen functional groups attached to an aromatic ring is 1. The lowest BCUT2D eigenvalue weighted by atomic mass is 10.0. The summed E-state index contributed by atoms with van der Waals surface area (Å²) >= 11 is 6.09. The SMILES string of the molecule is COC1OC(=O)c2cc(N)ccc2C1Cl. The number of methoxy groups -OCH3 is 1. The highest BCUT2D eigenvalue weighted by Gasteiger charge is 2.34. The lowest BCUT2D eigenvalue weighted by Gasteiger charge is -2.27. The minimum Gasteiger partial charge on any atom is -0.430 e. The number of benzene rings is 1. The zero-order valence-electron chi connectivity index (χ0n) is 8.07. The van der Waals surface area contributed by atoms with Crippen molar-refractivity contribution in [2.24, 2.45) is 0 Å². The van der Waals surface area contributed by atoms with Gasteiger partial charge in [0.25, 0.3) is 0 Å². The lowest BCUT2D eigenvalue weighted by molar-refractivity contribution is -0.0962. The van der Waals surface area contributed by atoms with Gasteiger partial charge in [-0.3, -0.25) is 0 Å². The Morgan fingerprint density at radius 2 is 2.27 bits per heavy atom. The summed E-state index contributed by atoms with van der Waals surface area (Å²) < 4.78 is 9.94. The molecule has 0 radical (unpaired) electrons. The summed E-state index contributed by atoms with van der Waals surface area (Å²) in [6.45, 7) is 0. The molecule has 5 heteroatoms. The molecule has 1 aromatic carbocycles. The molecule has 0 fully saturated rings. The maximum absolute atomic E-state index is 11.5. The summed E-state index contributed by atoms with van der Waals surface area (Å²) in [6.07, 6.45) is -0.740. The van der Waals surface area contributed by atoms with Crippen LogP contribution in [-0.4, -0.2) is 19.4 Å². The molecule has 2 unspecified atom stereocenters. The normalized spacial score (nSPS) is 24.5. The van der Waals surface area contributed by atoms with E-state index in [0.717, 1.165) is 0 Å². The van der Waals surface area contributed by atoms with E-state index in [1.807, 2.05) is 0 Å². The van der Waals surface area contributed by atoms with Crippen LogP contribution in [0.4, 0.5) is 5.69 Å². The Bertz CT molecular complexity index is 408. The molecule has 2 rings (SSSR count). The van der Waals surface area contributed by atoms with Crippen LogP contribution in [-0.2, 0) is 9.47 Å². The van der Waals surface area contributed by atoms with Crippen molar-refractivity contribution in [2.45, 2.75) is 11.7 Å². The Hall–Kier alpha value is -1.26. The summed E-state index contributed by atoms with van der Waals surface area (Å²) in [7, 11) is 1.44. The number of carbonyl (C=O) groups excluding carboxylic acids is 1. The highest BCUT2D eigenvalue weighted by atomic mass is 35.5. The molecular formula is C10H10ClNO3. The van der Waals surface area contributed by atoms with Crippen LogP contribution in [0.1, 0.15) is 21.3 Å². The zero-order chi connectivity index (χ0) is 11.0. The number of anilines is 1. The molecule has 0 amide bonds. The fourth-order valence-corrected chi connectivity index (χ4v) is 1.88. The van der Waals surface area contributed by atoms with Gasteiger partial charge in [-0.1, -0.05) is 6.07 Å². The van der Waals surface area contributed by atoms with Gasteiger partial charge < -0.3 is 15.2 Å². The second-order valence-electron chi connectivity index (χ2n) is 3.26.